The minimum atomic E-state index is -0.553. The maximum absolute atomic E-state index is 6.32. The van der Waals surface area contributed by atoms with E-state index in [4.69, 9.17) is 4.74 Å². The summed E-state index contributed by atoms with van der Waals surface area (Å²) in [4.78, 5) is 2.26. The molecule has 3 heterocycles. The zero-order valence-electron chi connectivity index (χ0n) is 18.2. The Morgan fingerprint density at radius 3 is 2.55 bits per heavy atom. The lowest BCUT2D eigenvalue weighted by molar-refractivity contribution is 0.0386. The predicted molar refractivity (Wildman–Crippen MR) is 129 cm³/mol. The monoisotopic (exact) mass is 406 g/mol. The smallest absolute Gasteiger partial charge is 0.215 e. The van der Waals surface area contributed by atoms with Crippen LogP contribution in [-0.2, 0) is 16.7 Å². The number of fused-ring (bicyclic) bond motifs is 6. The Bertz CT molecular complexity index is 1390. The van der Waals surface area contributed by atoms with Crippen LogP contribution in [0.1, 0.15) is 31.9 Å². The number of para-hydroxylation sites is 2. The van der Waals surface area contributed by atoms with Crippen LogP contribution in [0.5, 0.6) is 0 Å². The molecule has 0 amide bonds. The summed E-state index contributed by atoms with van der Waals surface area (Å²) in [6.45, 7) is 7.70. The molecule has 3 heteroatoms. The van der Waals surface area contributed by atoms with Crippen LogP contribution in [0.3, 0.4) is 0 Å². The fourth-order valence-corrected chi connectivity index (χ4v) is 5.53. The van der Waals surface area contributed by atoms with Gasteiger partial charge in [0.25, 0.3) is 0 Å². The Morgan fingerprint density at radius 2 is 1.68 bits per heavy atom. The molecule has 0 N–H and O–H groups in total. The van der Waals surface area contributed by atoms with E-state index >= 15 is 0 Å². The first kappa shape index (κ1) is 18.3. The number of hydrogen-bond acceptors (Lipinski definition) is 2. The summed E-state index contributed by atoms with van der Waals surface area (Å²) in [6, 6.07) is 24.0. The number of ether oxygens (including phenoxy) is 1. The molecule has 0 saturated heterocycles. The van der Waals surface area contributed by atoms with Gasteiger partial charge in [-0.05, 0) is 62.2 Å². The molecule has 31 heavy (non-hydrogen) atoms. The van der Waals surface area contributed by atoms with Crippen LogP contribution in [-0.4, -0.2) is 10.3 Å². The van der Waals surface area contributed by atoms with E-state index in [1.165, 1.54) is 38.6 Å². The summed E-state index contributed by atoms with van der Waals surface area (Å²) in [5, 5.41) is 2.61. The quantitative estimate of drug-likeness (QED) is 0.371. The van der Waals surface area contributed by atoms with Gasteiger partial charge < -0.3 is 14.2 Å². The third kappa shape index (κ3) is 2.29. The molecule has 0 spiro atoms. The van der Waals surface area contributed by atoms with Crippen LogP contribution < -0.4 is 4.90 Å². The van der Waals surface area contributed by atoms with E-state index in [0.717, 1.165) is 6.54 Å². The Balaban J connectivity index is 1.47. The summed E-state index contributed by atoms with van der Waals surface area (Å²) >= 11 is 0. The molecule has 6 rings (SSSR count). The Morgan fingerprint density at radius 1 is 0.903 bits per heavy atom. The van der Waals surface area contributed by atoms with Crippen LogP contribution in [0.25, 0.3) is 27.9 Å². The second-order valence-electron chi connectivity index (χ2n) is 8.98. The van der Waals surface area contributed by atoms with Gasteiger partial charge in [-0.3, -0.25) is 0 Å². The molecule has 0 aliphatic carbocycles. The first-order chi connectivity index (χ1) is 15.1. The molecular formula is C28H26N2O. The summed E-state index contributed by atoms with van der Waals surface area (Å²) in [7, 11) is 0. The highest BCUT2D eigenvalue weighted by molar-refractivity contribution is 6.08. The molecule has 1 unspecified atom stereocenters. The Labute approximate surface area is 182 Å². The van der Waals surface area contributed by atoms with E-state index in [9.17, 15) is 0 Å². The van der Waals surface area contributed by atoms with Crippen molar-refractivity contribution in [1.29, 1.82) is 0 Å². The third-order valence-corrected chi connectivity index (χ3v) is 7.16. The number of aryl methyl sites for hydroxylation is 1. The first-order valence-electron chi connectivity index (χ1n) is 11.0. The zero-order valence-corrected chi connectivity index (χ0v) is 18.2. The van der Waals surface area contributed by atoms with Gasteiger partial charge in [0, 0.05) is 40.2 Å². The molecule has 0 saturated carbocycles. The van der Waals surface area contributed by atoms with Crippen molar-refractivity contribution in [3.8, 4) is 0 Å². The van der Waals surface area contributed by atoms with Crippen molar-refractivity contribution in [2.24, 2.45) is 0 Å². The van der Waals surface area contributed by atoms with Gasteiger partial charge in [0.2, 0.25) is 5.72 Å². The van der Waals surface area contributed by atoms with Crippen LogP contribution in [0.15, 0.2) is 85.3 Å². The lowest BCUT2D eigenvalue weighted by Gasteiger charge is -2.39. The normalized spacial score (nSPS) is 21.2. The molecule has 0 fully saturated rings. The van der Waals surface area contributed by atoms with Crippen LogP contribution >= 0.6 is 0 Å². The fourth-order valence-electron chi connectivity index (χ4n) is 5.53. The average Bonchev–Trinajstić information content (AvgIpc) is 3.42. The van der Waals surface area contributed by atoms with E-state index in [1.54, 1.807) is 0 Å². The SMILES string of the molecule is CCn1c2ccccc2c2cc(/C=C/C34OC=CN3c3ccccc3C4(C)C)ccc21. The highest BCUT2D eigenvalue weighted by atomic mass is 16.5. The predicted octanol–water partition coefficient (Wildman–Crippen LogP) is 6.82. The third-order valence-electron chi connectivity index (χ3n) is 7.16. The van der Waals surface area contributed by atoms with Crippen molar-refractivity contribution in [1.82, 2.24) is 4.57 Å². The topological polar surface area (TPSA) is 17.4 Å². The fraction of sp³-hybridized carbons (Fsp3) is 0.214. The van der Waals surface area contributed by atoms with E-state index in [2.05, 4.69) is 115 Å². The van der Waals surface area contributed by atoms with Crippen LogP contribution in [0, 0.1) is 0 Å². The summed E-state index contributed by atoms with van der Waals surface area (Å²) in [5.41, 5.74) is 5.55. The van der Waals surface area contributed by atoms with Crippen molar-refractivity contribution in [2.75, 3.05) is 4.90 Å². The van der Waals surface area contributed by atoms with Gasteiger partial charge in [-0.15, -0.1) is 0 Å². The highest BCUT2D eigenvalue weighted by Crippen LogP contribution is 2.55. The molecule has 1 aromatic heterocycles. The molecule has 0 bridgehead atoms. The van der Waals surface area contributed by atoms with Gasteiger partial charge in [-0.25, -0.2) is 0 Å². The minimum Gasteiger partial charge on any atom is -0.469 e. The van der Waals surface area contributed by atoms with Gasteiger partial charge in [0.15, 0.2) is 0 Å². The molecule has 3 nitrogen and oxygen atoms in total. The number of aromatic nitrogens is 1. The highest BCUT2D eigenvalue weighted by Gasteiger charge is 2.58. The number of nitrogens with zero attached hydrogens (tertiary/aromatic N) is 2. The zero-order chi connectivity index (χ0) is 21.2. The summed E-state index contributed by atoms with van der Waals surface area (Å²) < 4.78 is 8.71. The molecule has 3 aromatic carbocycles. The number of hydrogen-bond donors (Lipinski definition) is 0. The standard InChI is InChI=1S/C28H26N2O/c1-4-29-24-11-7-5-9-21(24)22-19-20(13-14-25(22)29)15-16-28-27(2,3)23-10-6-8-12-26(23)30(28)17-18-31-28/h5-19H,4H2,1-3H3/b16-15+. The van der Waals surface area contributed by atoms with Crippen molar-refractivity contribution < 1.29 is 4.74 Å². The van der Waals surface area contributed by atoms with E-state index < -0.39 is 5.72 Å². The average molecular weight is 407 g/mol. The molecular weight excluding hydrogens is 380 g/mol. The lowest BCUT2D eigenvalue weighted by atomic mass is 9.77. The number of rotatable bonds is 3. The van der Waals surface area contributed by atoms with Crippen LogP contribution in [0.4, 0.5) is 5.69 Å². The Kier molecular flexibility index (Phi) is 3.71. The van der Waals surface area contributed by atoms with Gasteiger partial charge in [-0.2, -0.15) is 0 Å². The molecule has 0 radical (unpaired) electrons. The molecule has 1 atom stereocenters. The maximum Gasteiger partial charge on any atom is 0.215 e. The van der Waals surface area contributed by atoms with Crippen molar-refractivity contribution >= 4 is 33.6 Å². The Hall–Kier alpha value is -3.46. The van der Waals surface area contributed by atoms with Gasteiger partial charge in [0.1, 0.15) is 6.26 Å². The van der Waals surface area contributed by atoms with E-state index in [1.807, 2.05) is 6.26 Å². The molecule has 2 aliphatic rings. The summed E-state index contributed by atoms with van der Waals surface area (Å²) in [6.07, 6.45) is 8.31. The molecule has 154 valence electrons. The van der Waals surface area contributed by atoms with Crippen molar-refractivity contribution in [3.05, 3.63) is 96.4 Å². The van der Waals surface area contributed by atoms with Gasteiger partial charge in [0.05, 0.1) is 5.41 Å². The lowest BCUT2D eigenvalue weighted by Crippen LogP contribution is -2.51. The first-order valence-corrected chi connectivity index (χ1v) is 11.0. The second kappa shape index (κ2) is 6.27. The number of benzene rings is 3. The second-order valence-corrected chi connectivity index (χ2v) is 8.98. The number of anilines is 1. The largest absolute Gasteiger partial charge is 0.469 e. The van der Waals surface area contributed by atoms with Gasteiger partial charge >= 0.3 is 0 Å². The van der Waals surface area contributed by atoms with Crippen molar-refractivity contribution in [2.45, 2.75) is 38.5 Å². The summed E-state index contributed by atoms with van der Waals surface area (Å²) in [5.74, 6) is 0. The van der Waals surface area contributed by atoms with Crippen LogP contribution in [0.2, 0.25) is 0 Å². The maximum atomic E-state index is 6.32. The van der Waals surface area contributed by atoms with E-state index in [0.29, 0.717) is 0 Å². The van der Waals surface area contributed by atoms with E-state index in [-0.39, 0.29) is 5.41 Å². The van der Waals surface area contributed by atoms with Crippen molar-refractivity contribution in [3.63, 3.8) is 0 Å². The van der Waals surface area contributed by atoms with Gasteiger partial charge in [-0.1, -0.05) is 48.5 Å². The molecule has 2 aliphatic heterocycles. The minimum absolute atomic E-state index is 0.189. The molecule has 4 aromatic rings.